The van der Waals surface area contributed by atoms with Gasteiger partial charge in [0.1, 0.15) is 0 Å². The van der Waals surface area contributed by atoms with E-state index in [9.17, 15) is 8.78 Å². The van der Waals surface area contributed by atoms with Crippen LogP contribution >= 0.6 is 11.6 Å². The molecule has 4 heteroatoms. The first kappa shape index (κ1) is 13.4. The summed E-state index contributed by atoms with van der Waals surface area (Å²) in [5.74, 6) is -2.88. The summed E-state index contributed by atoms with van der Waals surface area (Å²) < 4.78 is 27.4. The number of rotatable bonds is 3. The van der Waals surface area contributed by atoms with Gasteiger partial charge in [0.05, 0.1) is 6.54 Å². The third-order valence-corrected chi connectivity index (χ3v) is 2.36. The number of hydrogen-bond acceptors (Lipinski definition) is 1. The van der Waals surface area contributed by atoms with E-state index in [1.165, 1.54) is 24.3 Å². The topological polar surface area (TPSA) is 12.0 Å². The molecule has 90 valence electrons. The standard InChI is InChI=1S/C12H16ClF2N/c1-11(2,3)16-8-12(14,15)9-4-6-10(13)7-5-9/h4-7,16H,8H2,1-3H3. The summed E-state index contributed by atoms with van der Waals surface area (Å²) in [6, 6.07) is 5.66. The van der Waals surface area contributed by atoms with Crippen molar-refractivity contribution in [3.8, 4) is 0 Å². The Balaban J connectivity index is 2.73. The number of halogens is 3. The Morgan fingerprint density at radius 3 is 2.06 bits per heavy atom. The minimum Gasteiger partial charge on any atom is -0.306 e. The highest BCUT2D eigenvalue weighted by molar-refractivity contribution is 6.30. The summed E-state index contributed by atoms with van der Waals surface area (Å²) in [6.45, 7) is 5.18. The molecule has 0 spiro atoms. The molecule has 0 atom stereocenters. The highest BCUT2D eigenvalue weighted by atomic mass is 35.5. The summed E-state index contributed by atoms with van der Waals surface area (Å²) in [5.41, 5.74) is -0.343. The fraction of sp³-hybridized carbons (Fsp3) is 0.500. The largest absolute Gasteiger partial charge is 0.306 e. The summed E-state index contributed by atoms with van der Waals surface area (Å²) in [4.78, 5) is 0. The zero-order valence-corrected chi connectivity index (χ0v) is 10.4. The van der Waals surface area contributed by atoms with E-state index < -0.39 is 5.92 Å². The maximum Gasteiger partial charge on any atom is 0.285 e. The van der Waals surface area contributed by atoms with Crippen LogP contribution in [0.3, 0.4) is 0 Å². The first-order valence-corrected chi connectivity index (χ1v) is 5.47. The van der Waals surface area contributed by atoms with Crippen molar-refractivity contribution < 1.29 is 8.78 Å². The number of alkyl halides is 2. The van der Waals surface area contributed by atoms with E-state index in [1.807, 2.05) is 20.8 Å². The van der Waals surface area contributed by atoms with Crippen LogP contribution < -0.4 is 5.32 Å². The smallest absolute Gasteiger partial charge is 0.285 e. The van der Waals surface area contributed by atoms with Gasteiger partial charge in [0.2, 0.25) is 0 Å². The second-order valence-corrected chi connectivity index (χ2v) is 5.25. The van der Waals surface area contributed by atoms with E-state index in [0.29, 0.717) is 5.02 Å². The molecule has 0 saturated heterocycles. The van der Waals surface area contributed by atoms with Crippen molar-refractivity contribution >= 4 is 11.6 Å². The lowest BCUT2D eigenvalue weighted by Gasteiger charge is -2.25. The minimum atomic E-state index is -2.88. The molecule has 0 fully saturated rings. The van der Waals surface area contributed by atoms with Crippen LogP contribution in [0.4, 0.5) is 8.78 Å². The lowest BCUT2D eigenvalue weighted by atomic mass is 10.1. The average Bonchev–Trinajstić information content (AvgIpc) is 2.15. The molecule has 0 radical (unpaired) electrons. The molecule has 0 aliphatic carbocycles. The van der Waals surface area contributed by atoms with Crippen LogP contribution in [0.15, 0.2) is 24.3 Å². The van der Waals surface area contributed by atoms with Crippen LogP contribution in [-0.4, -0.2) is 12.1 Å². The second kappa shape index (κ2) is 4.68. The average molecular weight is 248 g/mol. The third-order valence-electron chi connectivity index (χ3n) is 2.11. The van der Waals surface area contributed by atoms with E-state index in [2.05, 4.69) is 5.32 Å². The SMILES string of the molecule is CC(C)(C)NCC(F)(F)c1ccc(Cl)cc1. The Morgan fingerprint density at radius 1 is 1.12 bits per heavy atom. The van der Waals surface area contributed by atoms with Crippen LogP contribution in [0.1, 0.15) is 26.3 Å². The highest BCUT2D eigenvalue weighted by Crippen LogP contribution is 2.28. The van der Waals surface area contributed by atoms with Gasteiger partial charge < -0.3 is 5.32 Å². The van der Waals surface area contributed by atoms with Gasteiger partial charge in [-0.05, 0) is 32.9 Å². The van der Waals surface area contributed by atoms with E-state index in [-0.39, 0.29) is 17.6 Å². The van der Waals surface area contributed by atoms with Gasteiger partial charge in [0.15, 0.2) is 0 Å². The second-order valence-electron chi connectivity index (χ2n) is 4.81. The first-order valence-electron chi connectivity index (χ1n) is 5.10. The Hall–Kier alpha value is -0.670. The molecule has 0 aliphatic rings. The van der Waals surface area contributed by atoms with Crippen molar-refractivity contribution in [1.29, 1.82) is 0 Å². The molecule has 0 unspecified atom stereocenters. The maximum atomic E-state index is 13.7. The zero-order valence-electron chi connectivity index (χ0n) is 9.65. The molecule has 0 bridgehead atoms. The van der Waals surface area contributed by atoms with Crippen molar-refractivity contribution in [3.05, 3.63) is 34.9 Å². The van der Waals surface area contributed by atoms with Crippen molar-refractivity contribution in [2.45, 2.75) is 32.2 Å². The van der Waals surface area contributed by atoms with Crippen molar-refractivity contribution in [1.82, 2.24) is 5.32 Å². The molecule has 1 N–H and O–H groups in total. The van der Waals surface area contributed by atoms with Crippen molar-refractivity contribution in [2.24, 2.45) is 0 Å². The van der Waals surface area contributed by atoms with E-state index in [0.717, 1.165) is 0 Å². The number of nitrogens with one attached hydrogen (secondary N) is 1. The van der Waals surface area contributed by atoms with Crippen LogP contribution in [0.2, 0.25) is 5.02 Å². The molecule has 1 aromatic carbocycles. The fourth-order valence-corrected chi connectivity index (χ4v) is 1.30. The molecule has 0 aliphatic heterocycles. The molecule has 0 saturated carbocycles. The van der Waals surface area contributed by atoms with Gasteiger partial charge in [-0.1, -0.05) is 23.7 Å². The lowest BCUT2D eigenvalue weighted by Crippen LogP contribution is -2.42. The third kappa shape index (κ3) is 4.06. The Bertz CT molecular complexity index is 341. The molecule has 0 amide bonds. The van der Waals surface area contributed by atoms with Gasteiger partial charge >= 0.3 is 0 Å². The monoisotopic (exact) mass is 247 g/mol. The Kier molecular flexibility index (Phi) is 3.92. The summed E-state index contributed by atoms with van der Waals surface area (Å²) in [7, 11) is 0. The zero-order chi connectivity index (χ0) is 12.4. The van der Waals surface area contributed by atoms with Gasteiger partial charge in [-0.25, -0.2) is 0 Å². The summed E-state index contributed by atoms with van der Waals surface area (Å²) >= 11 is 5.65. The predicted molar refractivity (Wildman–Crippen MR) is 63.1 cm³/mol. The van der Waals surface area contributed by atoms with E-state index >= 15 is 0 Å². The van der Waals surface area contributed by atoms with Crippen molar-refractivity contribution in [3.63, 3.8) is 0 Å². The summed E-state index contributed by atoms with van der Waals surface area (Å²) in [5, 5.41) is 3.25. The molecule has 0 heterocycles. The van der Waals surface area contributed by atoms with Gasteiger partial charge in [-0.15, -0.1) is 0 Å². The molecule has 16 heavy (non-hydrogen) atoms. The molecule has 0 aromatic heterocycles. The van der Waals surface area contributed by atoms with Gasteiger partial charge in [0, 0.05) is 16.1 Å². The Morgan fingerprint density at radius 2 is 1.62 bits per heavy atom. The number of benzene rings is 1. The van der Waals surface area contributed by atoms with Gasteiger partial charge in [0.25, 0.3) is 5.92 Å². The van der Waals surface area contributed by atoms with Crippen LogP contribution in [0.25, 0.3) is 0 Å². The van der Waals surface area contributed by atoms with Crippen LogP contribution in [0, 0.1) is 0 Å². The molecule has 1 nitrogen and oxygen atoms in total. The molecule has 1 aromatic rings. The summed E-state index contributed by atoms with van der Waals surface area (Å²) in [6.07, 6.45) is 0. The lowest BCUT2D eigenvalue weighted by molar-refractivity contribution is -0.00860. The predicted octanol–water partition coefficient (Wildman–Crippen LogP) is 3.82. The Labute approximate surface area is 99.8 Å². The molecular weight excluding hydrogens is 232 g/mol. The quantitative estimate of drug-likeness (QED) is 0.856. The normalized spacial score (nSPS) is 12.9. The fourth-order valence-electron chi connectivity index (χ4n) is 1.17. The van der Waals surface area contributed by atoms with Gasteiger partial charge in [-0.3, -0.25) is 0 Å². The maximum absolute atomic E-state index is 13.7. The highest BCUT2D eigenvalue weighted by Gasteiger charge is 2.32. The van der Waals surface area contributed by atoms with Crippen LogP contribution in [-0.2, 0) is 5.92 Å². The molecular formula is C12H16ClF2N. The number of hydrogen-bond donors (Lipinski definition) is 1. The van der Waals surface area contributed by atoms with Crippen LogP contribution in [0.5, 0.6) is 0 Å². The van der Waals surface area contributed by atoms with E-state index in [4.69, 9.17) is 11.6 Å². The minimum absolute atomic E-state index is 0.0198. The van der Waals surface area contributed by atoms with Gasteiger partial charge in [-0.2, -0.15) is 8.78 Å². The van der Waals surface area contributed by atoms with Crippen molar-refractivity contribution in [2.75, 3.05) is 6.54 Å². The van der Waals surface area contributed by atoms with E-state index in [1.54, 1.807) is 0 Å². The molecule has 1 rings (SSSR count). The first-order chi connectivity index (χ1) is 7.21.